The van der Waals surface area contributed by atoms with Crippen molar-refractivity contribution in [3.05, 3.63) is 41.8 Å². The molecule has 0 saturated carbocycles. The normalized spacial score (nSPS) is 10.9. The maximum atomic E-state index is 13.6. The molecule has 2 aromatic rings. The lowest BCUT2D eigenvalue weighted by Crippen LogP contribution is -2.15. The zero-order chi connectivity index (χ0) is 14.4. The second-order valence-corrected chi connectivity index (χ2v) is 4.92. The zero-order valence-electron chi connectivity index (χ0n) is 12.2. The van der Waals surface area contributed by atoms with E-state index in [9.17, 15) is 4.39 Å². The first-order chi connectivity index (χ1) is 9.76. The summed E-state index contributed by atoms with van der Waals surface area (Å²) in [6.07, 6.45) is 3.87. The summed E-state index contributed by atoms with van der Waals surface area (Å²) >= 11 is 0. The fourth-order valence-electron chi connectivity index (χ4n) is 2.29. The maximum absolute atomic E-state index is 13.6. The van der Waals surface area contributed by atoms with E-state index in [0.717, 1.165) is 49.3 Å². The minimum absolute atomic E-state index is 0.205. The highest BCUT2D eigenvalue weighted by Gasteiger charge is 2.11. The average Bonchev–Trinajstić information content (AvgIpc) is 2.89. The molecule has 0 unspecified atom stereocenters. The fourth-order valence-corrected chi connectivity index (χ4v) is 2.29. The lowest BCUT2D eigenvalue weighted by Gasteiger charge is -2.12. The third kappa shape index (κ3) is 3.45. The molecule has 0 aliphatic rings. The van der Waals surface area contributed by atoms with E-state index in [-0.39, 0.29) is 5.82 Å². The van der Waals surface area contributed by atoms with E-state index < -0.39 is 0 Å². The van der Waals surface area contributed by atoms with Crippen LogP contribution in [0.4, 0.5) is 4.39 Å². The first-order valence-corrected chi connectivity index (χ1v) is 7.27. The Hall–Kier alpha value is -1.68. The van der Waals surface area contributed by atoms with E-state index in [4.69, 9.17) is 0 Å². The first-order valence-electron chi connectivity index (χ1n) is 7.27. The topological polar surface area (TPSA) is 29.9 Å². The van der Waals surface area contributed by atoms with Gasteiger partial charge in [-0.2, -0.15) is 5.10 Å². The number of halogens is 1. The van der Waals surface area contributed by atoms with E-state index >= 15 is 0 Å². The van der Waals surface area contributed by atoms with Crippen molar-refractivity contribution in [1.29, 1.82) is 0 Å². The molecule has 1 aromatic heterocycles. The predicted molar refractivity (Wildman–Crippen MR) is 79.9 cm³/mol. The van der Waals surface area contributed by atoms with Gasteiger partial charge in [0.25, 0.3) is 0 Å². The predicted octanol–water partition coefficient (Wildman–Crippen LogP) is 3.60. The summed E-state index contributed by atoms with van der Waals surface area (Å²) in [6.45, 7) is 6.81. The molecular weight excluding hydrogens is 253 g/mol. The Morgan fingerprint density at radius 2 is 2.05 bits per heavy atom. The molecule has 108 valence electrons. The second-order valence-electron chi connectivity index (χ2n) is 4.92. The number of hydrogen-bond acceptors (Lipinski definition) is 2. The van der Waals surface area contributed by atoms with Crippen LogP contribution in [0.15, 0.2) is 30.5 Å². The molecular formula is C16H22FN3. The standard InChI is InChI=1S/C16H22FN3/c1-3-8-18-12-13-5-6-14(17)11-15(13)16-7-9-19-20(16)10-4-2/h5-7,9,11,18H,3-4,8,10,12H2,1-2H3. The molecule has 0 spiro atoms. The number of hydrogen-bond donors (Lipinski definition) is 1. The first kappa shape index (κ1) is 14.7. The van der Waals surface area contributed by atoms with Crippen molar-refractivity contribution >= 4 is 0 Å². The van der Waals surface area contributed by atoms with E-state index in [0.29, 0.717) is 0 Å². The van der Waals surface area contributed by atoms with Crippen LogP contribution in [0, 0.1) is 5.82 Å². The molecule has 4 heteroatoms. The van der Waals surface area contributed by atoms with Crippen LogP contribution in [-0.4, -0.2) is 16.3 Å². The van der Waals surface area contributed by atoms with E-state index in [1.54, 1.807) is 12.3 Å². The van der Waals surface area contributed by atoms with Crippen LogP contribution in [0.25, 0.3) is 11.3 Å². The van der Waals surface area contributed by atoms with Crippen molar-refractivity contribution in [3.8, 4) is 11.3 Å². The SMILES string of the molecule is CCCNCc1ccc(F)cc1-c1ccnn1CCC. The van der Waals surface area contributed by atoms with Crippen LogP contribution < -0.4 is 5.32 Å². The van der Waals surface area contributed by atoms with Gasteiger partial charge in [-0.25, -0.2) is 4.39 Å². The quantitative estimate of drug-likeness (QED) is 0.782. The van der Waals surface area contributed by atoms with E-state index in [1.165, 1.54) is 6.07 Å². The molecule has 0 amide bonds. The number of rotatable bonds is 7. The Balaban J connectivity index is 2.32. The Labute approximate surface area is 119 Å². The zero-order valence-corrected chi connectivity index (χ0v) is 12.2. The molecule has 0 aliphatic heterocycles. The van der Waals surface area contributed by atoms with Crippen molar-refractivity contribution in [2.24, 2.45) is 0 Å². The van der Waals surface area contributed by atoms with Gasteiger partial charge in [0.2, 0.25) is 0 Å². The molecule has 0 aliphatic carbocycles. The molecule has 1 aromatic carbocycles. The smallest absolute Gasteiger partial charge is 0.123 e. The third-order valence-corrected chi connectivity index (χ3v) is 3.24. The van der Waals surface area contributed by atoms with Crippen molar-refractivity contribution in [3.63, 3.8) is 0 Å². The molecule has 0 fully saturated rings. The van der Waals surface area contributed by atoms with Gasteiger partial charge in [0.1, 0.15) is 5.82 Å². The minimum atomic E-state index is -0.205. The second kappa shape index (κ2) is 7.20. The summed E-state index contributed by atoms with van der Waals surface area (Å²) in [7, 11) is 0. The van der Waals surface area contributed by atoms with Gasteiger partial charge in [0, 0.05) is 24.8 Å². The van der Waals surface area contributed by atoms with Crippen LogP contribution >= 0.6 is 0 Å². The minimum Gasteiger partial charge on any atom is -0.313 e. The highest BCUT2D eigenvalue weighted by Crippen LogP contribution is 2.25. The molecule has 20 heavy (non-hydrogen) atoms. The lowest BCUT2D eigenvalue weighted by atomic mass is 10.0. The number of benzene rings is 1. The van der Waals surface area contributed by atoms with Gasteiger partial charge in [-0.05, 0) is 43.1 Å². The Bertz CT molecular complexity index is 548. The lowest BCUT2D eigenvalue weighted by molar-refractivity contribution is 0.604. The van der Waals surface area contributed by atoms with Gasteiger partial charge < -0.3 is 5.32 Å². The van der Waals surface area contributed by atoms with Gasteiger partial charge in [-0.15, -0.1) is 0 Å². The number of nitrogens with zero attached hydrogens (tertiary/aromatic N) is 2. The summed E-state index contributed by atoms with van der Waals surface area (Å²) in [4.78, 5) is 0. The molecule has 1 N–H and O–H groups in total. The summed E-state index contributed by atoms with van der Waals surface area (Å²) in [6, 6.07) is 6.93. The monoisotopic (exact) mass is 275 g/mol. The van der Waals surface area contributed by atoms with Crippen molar-refractivity contribution < 1.29 is 4.39 Å². The van der Waals surface area contributed by atoms with Gasteiger partial charge in [0.05, 0.1) is 5.69 Å². The van der Waals surface area contributed by atoms with Crippen LogP contribution in [0.2, 0.25) is 0 Å². The Kier molecular flexibility index (Phi) is 5.30. The molecule has 0 bridgehead atoms. The third-order valence-electron chi connectivity index (χ3n) is 3.24. The van der Waals surface area contributed by atoms with Gasteiger partial charge in [-0.1, -0.05) is 19.9 Å². The molecule has 0 atom stereocenters. The Morgan fingerprint density at radius 1 is 1.20 bits per heavy atom. The van der Waals surface area contributed by atoms with Crippen molar-refractivity contribution in [2.75, 3.05) is 6.54 Å². The highest BCUT2D eigenvalue weighted by atomic mass is 19.1. The largest absolute Gasteiger partial charge is 0.313 e. The average molecular weight is 275 g/mol. The Morgan fingerprint density at radius 3 is 2.80 bits per heavy atom. The number of nitrogens with one attached hydrogen (secondary N) is 1. The van der Waals surface area contributed by atoms with Crippen LogP contribution in [0.5, 0.6) is 0 Å². The van der Waals surface area contributed by atoms with Gasteiger partial charge >= 0.3 is 0 Å². The summed E-state index contributed by atoms with van der Waals surface area (Å²) in [5.74, 6) is -0.205. The van der Waals surface area contributed by atoms with E-state index in [2.05, 4.69) is 24.3 Å². The highest BCUT2D eigenvalue weighted by molar-refractivity contribution is 5.64. The van der Waals surface area contributed by atoms with Crippen LogP contribution in [0.1, 0.15) is 32.3 Å². The molecule has 0 radical (unpaired) electrons. The van der Waals surface area contributed by atoms with Crippen molar-refractivity contribution in [2.45, 2.75) is 39.8 Å². The van der Waals surface area contributed by atoms with Crippen LogP contribution in [-0.2, 0) is 13.1 Å². The summed E-state index contributed by atoms with van der Waals surface area (Å²) in [5, 5.41) is 7.70. The molecule has 3 nitrogen and oxygen atoms in total. The van der Waals surface area contributed by atoms with Gasteiger partial charge in [0.15, 0.2) is 0 Å². The fraction of sp³-hybridized carbons (Fsp3) is 0.438. The maximum Gasteiger partial charge on any atom is 0.123 e. The summed E-state index contributed by atoms with van der Waals surface area (Å²) < 4.78 is 15.5. The molecule has 2 rings (SSSR count). The van der Waals surface area contributed by atoms with Crippen LogP contribution in [0.3, 0.4) is 0 Å². The summed E-state index contributed by atoms with van der Waals surface area (Å²) in [5.41, 5.74) is 3.02. The molecule has 1 heterocycles. The van der Waals surface area contributed by atoms with Gasteiger partial charge in [-0.3, -0.25) is 4.68 Å². The molecule has 0 saturated heterocycles. The number of aromatic nitrogens is 2. The number of aryl methyl sites for hydroxylation is 1. The van der Waals surface area contributed by atoms with Crippen molar-refractivity contribution in [1.82, 2.24) is 15.1 Å². The van der Waals surface area contributed by atoms with E-state index in [1.807, 2.05) is 16.8 Å².